The van der Waals surface area contributed by atoms with E-state index in [2.05, 4.69) is 10.3 Å². The number of amides is 2. The molecule has 0 radical (unpaired) electrons. The molecule has 1 aromatic heterocycles. The van der Waals surface area contributed by atoms with Gasteiger partial charge in [-0.2, -0.15) is 13.2 Å². The summed E-state index contributed by atoms with van der Waals surface area (Å²) >= 11 is 0. The average Bonchev–Trinajstić information content (AvgIpc) is 2.42. The molecule has 0 bridgehead atoms. The van der Waals surface area contributed by atoms with Crippen LogP contribution in [-0.2, 0) is 4.79 Å². The van der Waals surface area contributed by atoms with Gasteiger partial charge in [-0.1, -0.05) is 0 Å². The van der Waals surface area contributed by atoms with E-state index >= 15 is 0 Å². The Hall–Kier alpha value is -3.12. The van der Waals surface area contributed by atoms with Crippen LogP contribution in [0.15, 0.2) is 12.1 Å². The van der Waals surface area contributed by atoms with Crippen LogP contribution in [0.1, 0.15) is 0 Å². The molecule has 10 nitrogen and oxygen atoms in total. The smallest absolute Gasteiger partial charge is 0.465 e. The second kappa shape index (κ2) is 7.24. The molecule has 0 saturated heterocycles. The monoisotopic (exact) mass is 337 g/mol. The fourth-order valence-electron chi connectivity index (χ4n) is 1.34. The van der Waals surface area contributed by atoms with Gasteiger partial charge in [0.15, 0.2) is 0 Å². The van der Waals surface area contributed by atoms with Crippen molar-refractivity contribution in [3.8, 4) is 0 Å². The number of aromatic nitrogens is 1. The van der Waals surface area contributed by atoms with Crippen molar-refractivity contribution in [3.05, 3.63) is 22.2 Å². The third-order valence-electron chi connectivity index (χ3n) is 2.26. The molecule has 126 valence electrons. The molecular formula is C10H10F3N5O5. The summed E-state index contributed by atoms with van der Waals surface area (Å²) in [5.41, 5.74) is -0.551. The van der Waals surface area contributed by atoms with Gasteiger partial charge in [-0.3, -0.25) is 14.9 Å². The van der Waals surface area contributed by atoms with Crippen molar-refractivity contribution in [1.29, 1.82) is 0 Å². The molecule has 13 heteroatoms. The first kappa shape index (κ1) is 17.9. The minimum Gasteiger partial charge on any atom is -0.465 e. The molecule has 0 atom stereocenters. The molecule has 0 aromatic carbocycles. The molecule has 0 aliphatic carbocycles. The zero-order valence-electron chi connectivity index (χ0n) is 11.2. The zero-order valence-corrected chi connectivity index (χ0v) is 11.2. The second-order valence-electron chi connectivity index (χ2n) is 3.93. The predicted octanol–water partition coefficient (Wildman–Crippen LogP) is 1.17. The summed E-state index contributed by atoms with van der Waals surface area (Å²) in [6.45, 7) is -0.246. The Kier molecular flexibility index (Phi) is 5.64. The normalized spacial score (nSPS) is 10.7. The summed E-state index contributed by atoms with van der Waals surface area (Å²) in [6.07, 6.45) is -6.46. The maximum absolute atomic E-state index is 12.1. The van der Waals surface area contributed by atoms with Crippen LogP contribution < -0.4 is 16.0 Å². The molecule has 0 aliphatic rings. The predicted molar refractivity (Wildman–Crippen MR) is 70.1 cm³/mol. The number of carbonyl (C=O) groups is 2. The van der Waals surface area contributed by atoms with E-state index in [1.807, 2.05) is 5.32 Å². The maximum Gasteiger partial charge on any atom is 0.471 e. The lowest BCUT2D eigenvalue weighted by molar-refractivity contribution is -0.384. The third kappa shape index (κ3) is 5.64. The summed E-state index contributed by atoms with van der Waals surface area (Å²) < 4.78 is 36.4. The molecule has 0 unspecified atom stereocenters. The highest BCUT2D eigenvalue weighted by molar-refractivity contribution is 5.94. The van der Waals surface area contributed by atoms with Crippen molar-refractivity contribution in [3.63, 3.8) is 0 Å². The fraction of sp³-hybridized carbons (Fsp3) is 0.300. The molecule has 23 heavy (non-hydrogen) atoms. The summed E-state index contributed by atoms with van der Waals surface area (Å²) in [5.74, 6) is -3.24. The number of anilines is 2. The van der Waals surface area contributed by atoms with Crippen molar-refractivity contribution in [2.45, 2.75) is 6.18 Å². The van der Waals surface area contributed by atoms with Crippen molar-refractivity contribution in [2.75, 3.05) is 23.7 Å². The maximum atomic E-state index is 12.1. The van der Waals surface area contributed by atoms with Crippen LogP contribution in [0.2, 0.25) is 0 Å². The zero-order chi connectivity index (χ0) is 17.6. The number of alkyl halides is 3. The van der Waals surface area contributed by atoms with Gasteiger partial charge >= 0.3 is 23.9 Å². The Morgan fingerprint density at radius 3 is 2.48 bits per heavy atom. The number of nitrogens with one attached hydrogen (secondary N) is 3. The number of pyridine rings is 1. The number of carbonyl (C=O) groups excluding carboxylic acids is 1. The minimum absolute atomic E-state index is 0.114. The number of nitro groups is 1. The van der Waals surface area contributed by atoms with Crippen LogP contribution in [0, 0.1) is 10.1 Å². The van der Waals surface area contributed by atoms with Crippen molar-refractivity contribution in [2.24, 2.45) is 0 Å². The summed E-state index contributed by atoms with van der Waals surface area (Å²) in [7, 11) is 0. The molecule has 0 saturated carbocycles. The number of carboxylic acid groups (broad SMARTS) is 1. The van der Waals surface area contributed by atoms with Gasteiger partial charge in [-0.05, 0) is 6.07 Å². The number of hydrogen-bond donors (Lipinski definition) is 4. The lowest BCUT2D eigenvalue weighted by atomic mass is 10.3. The van der Waals surface area contributed by atoms with Crippen LogP contribution in [0.3, 0.4) is 0 Å². The van der Waals surface area contributed by atoms with Gasteiger partial charge in [-0.15, -0.1) is 0 Å². The average molecular weight is 337 g/mol. The Labute approximate surface area is 125 Å². The number of hydrogen-bond acceptors (Lipinski definition) is 6. The van der Waals surface area contributed by atoms with E-state index in [0.29, 0.717) is 0 Å². The highest BCUT2D eigenvalue weighted by Gasteiger charge is 2.39. The Balaban J connectivity index is 2.88. The van der Waals surface area contributed by atoms with Crippen LogP contribution in [0.25, 0.3) is 0 Å². The number of rotatable bonds is 6. The van der Waals surface area contributed by atoms with Gasteiger partial charge in [0, 0.05) is 19.2 Å². The highest BCUT2D eigenvalue weighted by Crippen LogP contribution is 2.25. The van der Waals surface area contributed by atoms with E-state index in [1.54, 1.807) is 0 Å². The molecule has 4 N–H and O–H groups in total. The molecule has 0 aliphatic heterocycles. The first-order valence-electron chi connectivity index (χ1n) is 5.85. The minimum atomic E-state index is -5.14. The largest absolute Gasteiger partial charge is 0.471 e. The van der Waals surface area contributed by atoms with E-state index in [-0.39, 0.29) is 13.1 Å². The second-order valence-corrected chi connectivity index (χ2v) is 3.93. The summed E-state index contributed by atoms with van der Waals surface area (Å²) in [5, 5.41) is 25.0. The SMILES string of the molecule is O=C(O)NCCNc1nc(NC(=O)C(F)(F)F)ccc1[N+](=O)[O-]. The van der Waals surface area contributed by atoms with E-state index in [1.165, 1.54) is 5.32 Å². The van der Waals surface area contributed by atoms with Crippen LogP contribution >= 0.6 is 0 Å². The van der Waals surface area contributed by atoms with Gasteiger partial charge in [0.05, 0.1) is 4.92 Å². The summed E-state index contributed by atoms with van der Waals surface area (Å²) in [6, 6.07) is 1.69. The topological polar surface area (TPSA) is 146 Å². The molecular weight excluding hydrogens is 327 g/mol. The van der Waals surface area contributed by atoms with Crippen molar-refractivity contribution >= 4 is 29.3 Å². The van der Waals surface area contributed by atoms with E-state index in [0.717, 1.165) is 12.1 Å². The van der Waals surface area contributed by atoms with Gasteiger partial charge in [0.2, 0.25) is 5.82 Å². The van der Waals surface area contributed by atoms with E-state index in [9.17, 15) is 32.9 Å². The first-order chi connectivity index (χ1) is 10.6. The third-order valence-corrected chi connectivity index (χ3v) is 2.26. The number of halogens is 3. The summed E-state index contributed by atoms with van der Waals surface area (Å²) in [4.78, 5) is 34.5. The van der Waals surface area contributed by atoms with Crippen LogP contribution in [0.5, 0.6) is 0 Å². The lowest BCUT2D eigenvalue weighted by Crippen LogP contribution is -2.30. The quantitative estimate of drug-likeness (QED) is 0.346. The van der Waals surface area contributed by atoms with Crippen molar-refractivity contribution < 1.29 is 32.8 Å². The van der Waals surface area contributed by atoms with Gasteiger partial charge in [0.1, 0.15) is 5.82 Å². The Bertz CT molecular complexity index is 621. The lowest BCUT2D eigenvalue weighted by Gasteiger charge is -2.10. The van der Waals surface area contributed by atoms with Gasteiger partial charge < -0.3 is 21.1 Å². The molecule has 2 amide bonds. The molecule has 1 heterocycles. The Morgan fingerprint density at radius 1 is 1.30 bits per heavy atom. The number of nitrogens with zero attached hydrogens (tertiary/aromatic N) is 2. The first-order valence-corrected chi connectivity index (χ1v) is 5.85. The molecule has 1 rings (SSSR count). The van der Waals surface area contributed by atoms with Gasteiger partial charge in [-0.25, -0.2) is 9.78 Å². The molecule has 0 spiro atoms. The van der Waals surface area contributed by atoms with Crippen LogP contribution in [-0.4, -0.2) is 46.3 Å². The molecule has 1 aromatic rings. The van der Waals surface area contributed by atoms with Gasteiger partial charge in [0.25, 0.3) is 0 Å². The Morgan fingerprint density at radius 2 is 1.96 bits per heavy atom. The van der Waals surface area contributed by atoms with E-state index in [4.69, 9.17) is 5.11 Å². The molecule has 0 fully saturated rings. The van der Waals surface area contributed by atoms with Crippen molar-refractivity contribution in [1.82, 2.24) is 10.3 Å². The van der Waals surface area contributed by atoms with Crippen LogP contribution in [0.4, 0.5) is 35.3 Å². The standard InChI is InChI=1S/C10H10F3N5O5/c11-10(12,13)8(19)17-6-2-1-5(18(22)23)7(16-6)14-3-4-15-9(20)21/h1-2,15H,3-4H2,(H,20,21)(H2,14,16,17,19). The van der Waals surface area contributed by atoms with E-state index < -0.39 is 40.4 Å². The highest BCUT2D eigenvalue weighted by atomic mass is 19.4. The fourth-order valence-corrected chi connectivity index (χ4v) is 1.34.